The van der Waals surface area contributed by atoms with E-state index in [2.05, 4.69) is 10.6 Å². The minimum absolute atomic E-state index is 0.134. The molecule has 0 aliphatic heterocycles. The lowest BCUT2D eigenvalue weighted by molar-refractivity contribution is -0.137. The molecule has 1 unspecified atom stereocenters. The number of rotatable bonds is 7. The summed E-state index contributed by atoms with van der Waals surface area (Å²) in [6.07, 6.45) is -2.99. The average Bonchev–Trinajstić information content (AvgIpc) is 2.42. The molecule has 4 nitrogen and oxygen atoms in total. The fourth-order valence-electron chi connectivity index (χ4n) is 1.81. The third-order valence-electron chi connectivity index (χ3n) is 3.01. The summed E-state index contributed by atoms with van der Waals surface area (Å²) in [5.41, 5.74) is 5.39. The van der Waals surface area contributed by atoms with Crippen molar-refractivity contribution in [3.63, 3.8) is 0 Å². The zero-order valence-corrected chi connectivity index (χ0v) is 12.8. The Hall–Kier alpha value is -1.76. The zero-order valence-electron chi connectivity index (χ0n) is 12.8. The molecule has 0 aromatic heterocycles. The number of carbonyl (C=O) groups excluding carboxylic acids is 1. The molecule has 0 bridgehead atoms. The predicted octanol–water partition coefficient (Wildman–Crippen LogP) is 3.59. The Kier molecular flexibility index (Phi) is 6.67. The first-order chi connectivity index (χ1) is 10.2. The lowest BCUT2D eigenvalue weighted by atomic mass is 10.1. The Morgan fingerprint density at radius 2 is 2.00 bits per heavy atom. The van der Waals surface area contributed by atoms with Crippen LogP contribution in [0.15, 0.2) is 18.2 Å². The van der Waals surface area contributed by atoms with Gasteiger partial charge in [-0.25, -0.2) is 0 Å². The van der Waals surface area contributed by atoms with E-state index in [9.17, 15) is 18.0 Å². The number of halogens is 3. The maximum absolute atomic E-state index is 12.8. The first-order valence-corrected chi connectivity index (χ1v) is 7.24. The molecule has 4 N–H and O–H groups in total. The lowest BCUT2D eigenvalue weighted by Gasteiger charge is -2.16. The van der Waals surface area contributed by atoms with Gasteiger partial charge < -0.3 is 16.4 Å². The quantitative estimate of drug-likeness (QED) is 0.720. The second-order valence-electron chi connectivity index (χ2n) is 5.25. The second kappa shape index (κ2) is 8.03. The van der Waals surface area contributed by atoms with Crippen molar-refractivity contribution < 1.29 is 18.0 Å². The summed E-state index contributed by atoms with van der Waals surface area (Å²) in [5.74, 6) is -0.351. The van der Waals surface area contributed by atoms with Crippen molar-refractivity contribution in [1.82, 2.24) is 0 Å². The van der Waals surface area contributed by atoms with Crippen molar-refractivity contribution in [2.24, 2.45) is 5.73 Å². The van der Waals surface area contributed by atoms with E-state index in [0.717, 1.165) is 18.6 Å². The smallest absolute Gasteiger partial charge is 0.383 e. The van der Waals surface area contributed by atoms with Crippen molar-refractivity contribution in [2.75, 3.05) is 17.2 Å². The van der Waals surface area contributed by atoms with E-state index in [4.69, 9.17) is 5.73 Å². The first kappa shape index (κ1) is 18.3. The molecule has 0 spiro atoms. The molecule has 1 amide bonds. The van der Waals surface area contributed by atoms with Crippen LogP contribution in [0.2, 0.25) is 0 Å². The fraction of sp³-hybridized carbons (Fsp3) is 0.533. The number of nitrogens with two attached hydrogens (primary N) is 1. The number of hydrogen-bond acceptors (Lipinski definition) is 3. The zero-order chi connectivity index (χ0) is 16.8. The highest BCUT2D eigenvalue weighted by molar-refractivity contribution is 5.94. The molecule has 1 aromatic carbocycles. The summed E-state index contributed by atoms with van der Waals surface area (Å²) in [7, 11) is 0. The van der Waals surface area contributed by atoms with Crippen LogP contribution >= 0.6 is 0 Å². The van der Waals surface area contributed by atoms with E-state index in [1.165, 1.54) is 6.07 Å². The molecule has 7 heteroatoms. The van der Waals surface area contributed by atoms with Gasteiger partial charge in [0.05, 0.1) is 16.9 Å². The highest BCUT2D eigenvalue weighted by Crippen LogP contribution is 2.34. The number of hydrogen-bond donors (Lipinski definition) is 3. The number of benzene rings is 1. The van der Waals surface area contributed by atoms with Gasteiger partial charge in [0.15, 0.2) is 0 Å². The lowest BCUT2D eigenvalue weighted by Crippen LogP contribution is -2.20. The maximum atomic E-state index is 12.8. The van der Waals surface area contributed by atoms with E-state index in [0.29, 0.717) is 18.7 Å². The summed E-state index contributed by atoms with van der Waals surface area (Å²) in [5, 5.41) is 5.54. The standard InChI is InChI=1S/C15H22F3N3O/c1-3-8-20-12-6-5-11(15(16,17)18)9-13(12)21-14(22)7-4-10(2)19/h5-6,9-10,20H,3-4,7-8,19H2,1-2H3,(H,21,22). The van der Waals surface area contributed by atoms with Crippen molar-refractivity contribution in [3.05, 3.63) is 23.8 Å². The molecule has 1 rings (SSSR count). The molecule has 1 aromatic rings. The van der Waals surface area contributed by atoms with Gasteiger partial charge in [-0.05, 0) is 38.0 Å². The monoisotopic (exact) mass is 317 g/mol. The average molecular weight is 317 g/mol. The van der Waals surface area contributed by atoms with E-state index in [1.54, 1.807) is 6.92 Å². The summed E-state index contributed by atoms with van der Waals surface area (Å²) in [6, 6.07) is 3.14. The Bertz CT molecular complexity index is 501. The molecule has 0 aliphatic carbocycles. The highest BCUT2D eigenvalue weighted by Gasteiger charge is 2.31. The van der Waals surface area contributed by atoms with E-state index in [-0.39, 0.29) is 24.1 Å². The molecular weight excluding hydrogens is 295 g/mol. The van der Waals surface area contributed by atoms with Gasteiger partial charge in [0.25, 0.3) is 0 Å². The van der Waals surface area contributed by atoms with Crippen LogP contribution in [-0.2, 0) is 11.0 Å². The van der Waals surface area contributed by atoms with Crippen LogP contribution in [0.3, 0.4) is 0 Å². The number of amides is 1. The molecule has 124 valence electrons. The van der Waals surface area contributed by atoms with Gasteiger partial charge >= 0.3 is 6.18 Å². The fourth-order valence-corrected chi connectivity index (χ4v) is 1.81. The van der Waals surface area contributed by atoms with E-state index < -0.39 is 11.7 Å². The molecule has 0 heterocycles. The Balaban J connectivity index is 2.93. The molecule has 0 saturated carbocycles. The van der Waals surface area contributed by atoms with Gasteiger partial charge in [0.1, 0.15) is 0 Å². The third kappa shape index (κ3) is 5.93. The summed E-state index contributed by atoms with van der Waals surface area (Å²) >= 11 is 0. The molecule has 1 atom stereocenters. The summed E-state index contributed by atoms with van der Waals surface area (Å²) in [4.78, 5) is 11.8. The van der Waals surface area contributed by atoms with Crippen molar-refractivity contribution >= 4 is 17.3 Å². The van der Waals surface area contributed by atoms with Crippen LogP contribution in [0.1, 0.15) is 38.7 Å². The molecule has 22 heavy (non-hydrogen) atoms. The van der Waals surface area contributed by atoms with Gasteiger partial charge in [-0.2, -0.15) is 13.2 Å². The van der Waals surface area contributed by atoms with Crippen LogP contribution < -0.4 is 16.4 Å². The van der Waals surface area contributed by atoms with Gasteiger partial charge in [-0.3, -0.25) is 4.79 Å². The minimum atomic E-state index is -4.45. The Labute approximate surface area is 128 Å². The highest BCUT2D eigenvalue weighted by atomic mass is 19.4. The largest absolute Gasteiger partial charge is 0.416 e. The van der Waals surface area contributed by atoms with Crippen LogP contribution in [-0.4, -0.2) is 18.5 Å². The molecule has 0 radical (unpaired) electrons. The minimum Gasteiger partial charge on any atom is -0.383 e. The van der Waals surface area contributed by atoms with Crippen LogP contribution in [0.5, 0.6) is 0 Å². The van der Waals surface area contributed by atoms with Crippen LogP contribution in [0.25, 0.3) is 0 Å². The van der Waals surface area contributed by atoms with Crippen LogP contribution in [0, 0.1) is 0 Å². The van der Waals surface area contributed by atoms with Crippen molar-refractivity contribution in [1.29, 1.82) is 0 Å². The van der Waals surface area contributed by atoms with Gasteiger partial charge in [-0.1, -0.05) is 6.92 Å². The van der Waals surface area contributed by atoms with Crippen molar-refractivity contribution in [3.8, 4) is 0 Å². The SMILES string of the molecule is CCCNc1ccc(C(F)(F)F)cc1NC(=O)CCC(C)N. The number of carbonyl (C=O) groups is 1. The van der Waals surface area contributed by atoms with Gasteiger partial charge in [-0.15, -0.1) is 0 Å². The molecule has 0 aliphatic rings. The normalized spacial score (nSPS) is 12.8. The maximum Gasteiger partial charge on any atom is 0.416 e. The summed E-state index contributed by atoms with van der Waals surface area (Å²) < 4.78 is 38.4. The molecular formula is C15H22F3N3O. The Morgan fingerprint density at radius 1 is 1.32 bits per heavy atom. The van der Waals surface area contributed by atoms with E-state index in [1.807, 2.05) is 6.92 Å². The third-order valence-corrected chi connectivity index (χ3v) is 3.01. The predicted molar refractivity (Wildman–Crippen MR) is 81.7 cm³/mol. The number of nitrogens with one attached hydrogen (secondary N) is 2. The molecule has 0 saturated heterocycles. The second-order valence-corrected chi connectivity index (χ2v) is 5.25. The number of anilines is 2. The van der Waals surface area contributed by atoms with Gasteiger partial charge in [0, 0.05) is 19.0 Å². The first-order valence-electron chi connectivity index (χ1n) is 7.24. The Morgan fingerprint density at radius 3 is 2.55 bits per heavy atom. The topological polar surface area (TPSA) is 67.1 Å². The van der Waals surface area contributed by atoms with Gasteiger partial charge in [0.2, 0.25) is 5.91 Å². The number of alkyl halides is 3. The van der Waals surface area contributed by atoms with Crippen molar-refractivity contribution in [2.45, 2.75) is 45.3 Å². The molecule has 0 fully saturated rings. The summed E-state index contributed by atoms with van der Waals surface area (Å²) in [6.45, 7) is 4.32. The van der Waals surface area contributed by atoms with Crippen LogP contribution in [0.4, 0.5) is 24.5 Å². The van der Waals surface area contributed by atoms with E-state index >= 15 is 0 Å².